The van der Waals surface area contributed by atoms with Gasteiger partial charge in [0.25, 0.3) is 0 Å². The van der Waals surface area contributed by atoms with Gasteiger partial charge in [-0.15, -0.1) is 0 Å². The second-order valence-electron chi connectivity index (χ2n) is 6.51. The lowest BCUT2D eigenvalue weighted by Crippen LogP contribution is -2.44. The van der Waals surface area contributed by atoms with Crippen LogP contribution in [0.4, 0.5) is 0 Å². The second kappa shape index (κ2) is 7.78. The van der Waals surface area contributed by atoms with Crippen molar-refractivity contribution in [2.24, 2.45) is 17.6 Å². The smallest absolute Gasteiger partial charge is 0.224 e. The molecule has 1 saturated carbocycles. The Morgan fingerprint density at radius 1 is 1.24 bits per heavy atom. The Hall–Kier alpha value is -1.10. The Bertz CT molecular complexity index is 361. The summed E-state index contributed by atoms with van der Waals surface area (Å²) < 4.78 is 0. The van der Waals surface area contributed by atoms with Gasteiger partial charge in [-0.05, 0) is 38.0 Å². The van der Waals surface area contributed by atoms with Crippen LogP contribution >= 0.6 is 0 Å². The zero-order chi connectivity index (χ0) is 15.2. The molecule has 0 bridgehead atoms. The average molecular weight is 295 g/mol. The van der Waals surface area contributed by atoms with Gasteiger partial charge in [0.15, 0.2) is 0 Å². The van der Waals surface area contributed by atoms with Crippen molar-refractivity contribution in [1.82, 2.24) is 10.2 Å². The third-order valence-corrected chi connectivity index (χ3v) is 4.69. The molecule has 0 radical (unpaired) electrons. The average Bonchev–Trinajstić information content (AvgIpc) is 3.32. The van der Waals surface area contributed by atoms with Gasteiger partial charge in [0.2, 0.25) is 11.8 Å². The number of nitrogens with one attached hydrogen (secondary N) is 1. The number of rotatable bonds is 7. The minimum atomic E-state index is 0.0348. The molecular formula is C16H29N3O2. The van der Waals surface area contributed by atoms with Gasteiger partial charge in [-0.3, -0.25) is 9.59 Å². The Kier molecular flexibility index (Phi) is 6.03. The van der Waals surface area contributed by atoms with Crippen LogP contribution in [0.1, 0.15) is 51.9 Å². The third kappa shape index (κ3) is 4.99. The van der Waals surface area contributed by atoms with E-state index in [4.69, 9.17) is 5.73 Å². The van der Waals surface area contributed by atoms with Crippen molar-refractivity contribution in [3.63, 3.8) is 0 Å². The topological polar surface area (TPSA) is 75.4 Å². The normalized spacial score (nSPS) is 21.1. The number of nitrogens with two attached hydrogens (primary N) is 1. The summed E-state index contributed by atoms with van der Waals surface area (Å²) in [6.07, 6.45) is 6.50. The van der Waals surface area contributed by atoms with Gasteiger partial charge in [0.1, 0.15) is 0 Å². The first kappa shape index (κ1) is 16.3. The minimum Gasteiger partial charge on any atom is -0.356 e. The van der Waals surface area contributed by atoms with Crippen LogP contribution in [0.5, 0.6) is 0 Å². The molecular weight excluding hydrogens is 266 g/mol. The largest absolute Gasteiger partial charge is 0.356 e. The van der Waals surface area contributed by atoms with E-state index in [1.165, 1.54) is 12.8 Å². The number of unbranched alkanes of at least 4 members (excludes halogenated alkanes) is 1. The fourth-order valence-electron chi connectivity index (χ4n) is 2.95. The number of carbonyl (C=O) groups is 2. The first-order valence-corrected chi connectivity index (χ1v) is 8.43. The molecule has 2 rings (SSSR count). The maximum atomic E-state index is 12.2. The lowest BCUT2D eigenvalue weighted by molar-refractivity contribution is -0.136. The predicted octanol–water partition coefficient (Wildman–Crippen LogP) is 1.27. The minimum absolute atomic E-state index is 0.0348. The molecule has 21 heavy (non-hydrogen) atoms. The number of hydrogen-bond acceptors (Lipinski definition) is 3. The van der Waals surface area contributed by atoms with Crippen LogP contribution in [0.15, 0.2) is 0 Å². The molecule has 0 spiro atoms. The van der Waals surface area contributed by atoms with E-state index in [0.29, 0.717) is 25.4 Å². The molecule has 1 heterocycles. The van der Waals surface area contributed by atoms with Crippen LogP contribution in [-0.4, -0.2) is 42.4 Å². The van der Waals surface area contributed by atoms with Gasteiger partial charge in [-0.25, -0.2) is 0 Å². The Labute approximate surface area is 127 Å². The van der Waals surface area contributed by atoms with E-state index < -0.39 is 0 Å². The lowest BCUT2D eigenvalue weighted by atomic mass is 9.95. The summed E-state index contributed by atoms with van der Waals surface area (Å²) in [6.45, 7) is 4.28. The van der Waals surface area contributed by atoms with Crippen LogP contribution in [0.25, 0.3) is 0 Å². The summed E-state index contributed by atoms with van der Waals surface area (Å²) >= 11 is 0. The SMILES string of the molecule is CCCCNC(=O)C1CCN(C(=O)CC(N)C2CC2)CC1. The van der Waals surface area contributed by atoms with Crippen LogP contribution in [-0.2, 0) is 9.59 Å². The van der Waals surface area contributed by atoms with Crippen molar-refractivity contribution in [3.05, 3.63) is 0 Å². The first-order chi connectivity index (χ1) is 10.1. The van der Waals surface area contributed by atoms with Gasteiger partial charge in [0.05, 0.1) is 0 Å². The molecule has 120 valence electrons. The molecule has 0 aromatic rings. The molecule has 2 amide bonds. The van der Waals surface area contributed by atoms with Crippen molar-refractivity contribution in [1.29, 1.82) is 0 Å². The van der Waals surface area contributed by atoms with E-state index in [0.717, 1.165) is 32.2 Å². The molecule has 2 fully saturated rings. The second-order valence-corrected chi connectivity index (χ2v) is 6.51. The molecule has 3 N–H and O–H groups in total. The highest BCUT2D eigenvalue weighted by Crippen LogP contribution is 2.33. The van der Waals surface area contributed by atoms with Crippen molar-refractivity contribution in [2.45, 2.75) is 57.9 Å². The molecule has 1 atom stereocenters. The number of carbonyl (C=O) groups excluding carboxylic acids is 2. The summed E-state index contributed by atoms with van der Waals surface area (Å²) in [5.41, 5.74) is 6.02. The van der Waals surface area contributed by atoms with Crippen LogP contribution < -0.4 is 11.1 Å². The number of piperidine rings is 1. The molecule has 2 aliphatic rings. The van der Waals surface area contributed by atoms with Gasteiger partial charge < -0.3 is 16.0 Å². The van der Waals surface area contributed by atoms with Gasteiger partial charge in [-0.1, -0.05) is 13.3 Å². The Morgan fingerprint density at radius 3 is 2.48 bits per heavy atom. The lowest BCUT2D eigenvalue weighted by Gasteiger charge is -2.32. The highest BCUT2D eigenvalue weighted by Gasteiger charge is 2.32. The van der Waals surface area contributed by atoms with E-state index in [1.807, 2.05) is 4.90 Å². The predicted molar refractivity (Wildman–Crippen MR) is 82.5 cm³/mol. The molecule has 1 unspecified atom stereocenters. The Balaban J connectivity index is 1.67. The maximum absolute atomic E-state index is 12.2. The fraction of sp³-hybridized carbons (Fsp3) is 0.875. The monoisotopic (exact) mass is 295 g/mol. The van der Waals surface area contributed by atoms with Crippen LogP contribution in [0.3, 0.4) is 0 Å². The summed E-state index contributed by atoms with van der Waals surface area (Å²) in [6, 6.07) is 0.0348. The van der Waals surface area contributed by atoms with Crippen molar-refractivity contribution in [2.75, 3.05) is 19.6 Å². The number of hydrogen-bond donors (Lipinski definition) is 2. The summed E-state index contributed by atoms with van der Waals surface area (Å²) in [4.78, 5) is 26.1. The first-order valence-electron chi connectivity index (χ1n) is 8.43. The van der Waals surface area contributed by atoms with Crippen LogP contribution in [0.2, 0.25) is 0 Å². The molecule has 0 aromatic heterocycles. The molecule has 1 aliphatic carbocycles. The zero-order valence-corrected chi connectivity index (χ0v) is 13.1. The molecule has 0 aromatic carbocycles. The number of amides is 2. The zero-order valence-electron chi connectivity index (χ0n) is 13.1. The summed E-state index contributed by atoms with van der Waals surface area (Å²) in [5.74, 6) is 0.961. The van der Waals surface area contributed by atoms with E-state index in [1.54, 1.807) is 0 Å². The van der Waals surface area contributed by atoms with E-state index in [2.05, 4.69) is 12.2 Å². The molecule has 5 heteroatoms. The van der Waals surface area contributed by atoms with Gasteiger partial charge in [0, 0.05) is 38.0 Å². The summed E-state index contributed by atoms with van der Waals surface area (Å²) in [7, 11) is 0. The highest BCUT2D eigenvalue weighted by atomic mass is 16.2. The van der Waals surface area contributed by atoms with Crippen molar-refractivity contribution >= 4 is 11.8 Å². The third-order valence-electron chi connectivity index (χ3n) is 4.69. The number of nitrogens with zero attached hydrogens (tertiary/aromatic N) is 1. The van der Waals surface area contributed by atoms with Crippen LogP contribution in [0, 0.1) is 11.8 Å². The highest BCUT2D eigenvalue weighted by molar-refractivity contribution is 5.80. The van der Waals surface area contributed by atoms with E-state index in [-0.39, 0.29) is 23.8 Å². The fourth-order valence-corrected chi connectivity index (χ4v) is 2.95. The Morgan fingerprint density at radius 2 is 1.90 bits per heavy atom. The summed E-state index contributed by atoms with van der Waals surface area (Å²) in [5, 5.41) is 2.99. The van der Waals surface area contributed by atoms with E-state index >= 15 is 0 Å². The quantitative estimate of drug-likeness (QED) is 0.695. The van der Waals surface area contributed by atoms with Gasteiger partial charge >= 0.3 is 0 Å². The van der Waals surface area contributed by atoms with Crippen molar-refractivity contribution < 1.29 is 9.59 Å². The van der Waals surface area contributed by atoms with Gasteiger partial charge in [-0.2, -0.15) is 0 Å². The molecule has 1 aliphatic heterocycles. The van der Waals surface area contributed by atoms with E-state index in [9.17, 15) is 9.59 Å². The van der Waals surface area contributed by atoms with Crippen molar-refractivity contribution in [3.8, 4) is 0 Å². The maximum Gasteiger partial charge on any atom is 0.224 e. The molecule has 5 nitrogen and oxygen atoms in total. The molecule has 1 saturated heterocycles. The standard InChI is InChI=1S/C16H29N3O2/c1-2-3-8-18-16(21)13-6-9-19(10-7-13)15(20)11-14(17)12-4-5-12/h12-14H,2-11,17H2,1H3,(H,18,21). The number of likely N-dealkylation sites (tertiary alicyclic amines) is 1.